The van der Waals surface area contributed by atoms with Gasteiger partial charge < -0.3 is 0 Å². The van der Waals surface area contributed by atoms with E-state index in [1.165, 1.54) is 12.4 Å². The molecular weight excluding hydrogens is 180 g/mol. The molecule has 1 aromatic rings. The minimum absolute atomic E-state index is 0.265. The minimum atomic E-state index is -0.265. The fourth-order valence-corrected chi connectivity index (χ4v) is 0.841. The maximum absolute atomic E-state index is 11.1. The van der Waals surface area contributed by atoms with Crippen molar-refractivity contribution in [2.45, 2.75) is 0 Å². The van der Waals surface area contributed by atoms with E-state index in [4.69, 9.17) is 0 Å². The summed E-state index contributed by atoms with van der Waals surface area (Å²) in [4.78, 5) is 14.9. The zero-order chi connectivity index (χ0) is 8.27. The summed E-state index contributed by atoms with van der Waals surface area (Å²) >= 11 is 7.46. The predicted molar refractivity (Wildman–Crippen MR) is 48.4 cm³/mol. The zero-order valence-electron chi connectivity index (χ0n) is 5.51. The molecule has 11 heavy (non-hydrogen) atoms. The molecule has 0 N–H and O–H groups in total. The van der Waals surface area contributed by atoms with Gasteiger partial charge in [0.2, 0.25) is 0 Å². The van der Waals surface area contributed by atoms with Gasteiger partial charge in [-0.3, -0.25) is 9.78 Å². The van der Waals surface area contributed by atoms with Crippen molar-refractivity contribution in [2.24, 2.45) is 0 Å². The Morgan fingerprint density at radius 1 is 1.36 bits per heavy atom. The van der Waals surface area contributed by atoms with Gasteiger partial charge in [-0.2, -0.15) is 0 Å². The fourth-order valence-electron chi connectivity index (χ4n) is 0.610. The number of hydrogen-bond donors (Lipinski definition) is 2. The van der Waals surface area contributed by atoms with Gasteiger partial charge in [0.15, 0.2) is 0 Å². The SMILES string of the molecule is O=C(c1ccncc1)N(S)S. The first kappa shape index (κ1) is 8.42. The van der Waals surface area contributed by atoms with Crippen molar-refractivity contribution in [3.05, 3.63) is 30.1 Å². The van der Waals surface area contributed by atoms with E-state index in [0.29, 0.717) is 5.56 Å². The summed E-state index contributed by atoms with van der Waals surface area (Å²) < 4.78 is 0.926. The molecule has 1 aromatic heterocycles. The van der Waals surface area contributed by atoms with Crippen LogP contribution in [0.15, 0.2) is 24.5 Å². The number of nitrogens with zero attached hydrogens (tertiary/aromatic N) is 2. The molecule has 1 heterocycles. The number of amides is 1. The van der Waals surface area contributed by atoms with Crippen LogP contribution in [0.2, 0.25) is 0 Å². The maximum atomic E-state index is 11.1. The molecule has 0 bridgehead atoms. The molecule has 0 atom stereocenters. The Kier molecular flexibility index (Phi) is 2.78. The van der Waals surface area contributed by atoms with Crippen molar-refractivity contribution in [1.29, 1.82) is 0 Å². The summed E-state index contributed by atoms with van der Waals surface area (Å²) in [5.74, 6) is -0.265. The van der Waals surface area contributed by atoms with Crippen LogP contribution in [0.5, 0.6) is 0 Å². The van der Waals surface area contributed by atoms with E-state index < -0.39 is 0 Å². The van der Waals surface area contributed by atoms with Crippen LogP contribution in [-0.4, -0.2) is 14.6 Å². The lowest BCUT2D eigenvalue weighted by molar-refractivity contribution is 0.0936. The zero-order valence-corrected chi connectivity index (χ0v) is 7.30. The van der Waals surface area contributed by atoms with E-state index in [2.05, 4.69) is 30.6 Å². The van der Waals surface area contributed by atoms with Gasteiger partial charge >= 0.3 is 0 Å². The third kappa shape index (κ3) is 2.13. The van der Waals surface area contributed by atoms with Crippen molar-refractivity contribution < 1.29 is 4.79 Å². The number of carbonyl (C=O) groups excluding carboxylic acids is 1. The Bertz CT molecular complexity index is 250. The Labute approximate surface area is 75.5 Å². The van der Waals surface area contributed by atoms with Crippen LogP contribution in [0, 0.1) is 0 Å². The number of carbonyl (C=O) groups is 1. The highest BCUT2D eigenvalue weighted by molar-refractivity contribution is 7.94. The van der Waals surface area contributed by atoms with Crippen molar-refractivity contribution in [3.8, 4) is 0 Å². The predicted octanol–water partition coefficient (Wildman–Crippen LogP) is 1.21. The van der Waals surface area contributed by atoms with Crippen LogP contribution < -0.4 is 0 Å². The summed E-state index contributed by atoms with van der Waals surface area (Å²) in [6.45, 7) is 0. The highest BCUT2D eigenvalue weighted by Gasteiger charge is 2.07. The molecule has 0 spiro atoms. The summed E-state index contributed by atoms with van der Waals surface area (Å²) in [5.41, 5.74) is 0.519. The normalized spacial score (nSPS) is 9.27. The monoisotopic (exact) mass is 186 g/mol. The molecule has 3 nitrogen and oxygen atoms in total. The highest BCUT2D eigenvalue weighted by atomic mass is 32.2. The van der Waals surface area contributed by atoms with Crippen LogP contribution in [0.3, 0.4) is 0 Å². The van der Waals surface area contributed by atoms with Crippen molar-refractivity contribution in [1.82, 2.24) is 8.69 Å². The summed E-state index contributed by atoms with van der Waals surface area (Å²) in [7, 11) is 0. The van der Waals surface area contributed by atoms with Crippen LogP contribution in [0.25, 0.3) is 0 Å². The number of pyridine rings is 1. The maximum Gasteiger partial charge on any atom is 0.273 e. The summed E-state index contributed by atoms with van der Waals surface area (Å²) in [5, 5.41) is 0. The van der Waals surface area contributed by atoms with E-state index in [9.17, 15) is 4.79 Å². The van der Waals surface area contributed by atoms with Gasteiger partial charge in [-0.1, -0.05) is 25.6 Å². The van der Waals surface area contributed by atoms with Gasteiger partial charge in [-0.25, -0.2) is 3.71 Å². The van der Waals surface area contributed by atoms with Gasteiger partial charge in [0.25, 0.3) is 5.91 Å². The molecule has 1 amide bonds. The molecule has 0 aliphatic carbocycles. The number of thiol groups is 2. The van der Waals surface area contributed by atoms with E-state index in [0.717, 1.165) is 3.71 Å². The molecule has 0 aliphatic heterocycles. The molecule has 0 radical (unpaired) electrons. The Balaban J connectivity index is 2.86. The molecule has 1 rings (SSSR count). The first-order valence-electron chi connectivity index (χ1n) is 2.84. The summed E-state index contributed by atoms with van der Waals surface area (Å²) in [6.07, 6.45) is 3.08. The lowest BCUT2D eigenvalue weighted by Gasteiger charge is -2.05. The molecule has 0 saturated carbocycles. The standard InChI is InChI=1S/C6H6N2OS2/c9-6(8(10)11)5-1-3-7-4-2-5/h1-4,10-11H. The minimum Gasteiger partial charge on any atom is -0.267 e. The molecule has 0 saturated heterocycles. The van der Waals surface area contributed by atoms with E-state index in [1.807, 2.05) is 0 Å². The topological polar surface area (TPSA) is 33.2 Å². The van der Waals surface area contributed by atoms with Gasteiger partial charge in [0.1, 0.15) is 0 Å². The second-order valence-electron chi connectivity index (χ2n) is 1.83. The molecule has 58 valence electrons. The van der Waals surface area contributed by atoms with Crippen LogP contribution in [-0.2, 0) is 0 Å². The average Bonchev–Trinajstić information content (AvgIpc) is 2.05. The lowest BCUT2D eigenvalue weighted by atomic mass is 10.3. The second-order valence-corrected chi connectivity index (χ2v) is 2.95. The molecule has 5 heteroatoms. The Hall–Kier alpha value is -0.680. The summed E-state index contributed by atoms with van der Waals surface area (Å²) in [6, 6.07) is 3.20. The van der Waals surface area contributed by atoms with E-state index in [-0.39, 0.29) is 5.91 Å². The second kappa shape index (κ2) is 3.64. The molecular formula is C6H6N2OS2. The number of hydrogen-bond acceptors (Lipinski definition) is 4. The van der Waals surface area contributed by atoms with Gasteiger partial charge in [-0.05, 0) is 12.1 Å². The Morgan fingerprint density at radius 3 is 2.36 bits per heavy atom. The van der Waals surface area contributed by atoms with Crippen molar-refractivity contribution >= 4 is 31.5 Å². The van der Waals surface area contributed by atoms with Crippen LogP contribution >= 0.6 is 25.6 Å². The quantitative estimate of drug-likeness (QED) is 0.646. The third-order valence-corrected chi connectivity index (χ3v) is 1.47. The van der Waals surface area contributed by atoms with Gasteiger partial charge in [0.05, 0.1) is 0 Å². The van der Waals surface area contributed by atoms with Crippen molar-refractivity contribution in [2.75, 3.05) is 0 Å². The van der Waals surface area contributed by atoms with E-state index in [1.54, 1.807) is 12.1 Å². The molecule has 0 aliphatic rings. The number of rotatable bonds is 1. The first-order valence-corrected chi connectivity index (χ1v) is 3.64. The van der Waals surface area contributed by atoms with Gasteiger partial charge in [-0.15, -0.1) is 0 Å². The highest BCUT2D eigenvalue weighted by Crippen LogP contribution is 2.06. The third-order valence-electron chi connectivity index (χ3n) is 1.11. The van der Waals surface area contributed by atoms with Gasteiger partial charge in [0, 0.05) is 18.0 Å². The largest absolute Gasteiger partial charge is 0.273 e. The first-order chi connectivity index (χ1) is 5.22. The molecule has 0 unspecified atom stereocenters. The van der Waals surface area contributed by atoms with E-state index >= 15 is 0 Å². The number of aromatic nitrogens is 1. The lowest BCUT2D eigenvalue weighted by Crippen LogP contribution is -2.11. The Morgan fingerprint density at radius 2 is 1.91 bits per heavy atom. The van der Waals surface area contributed by atoms with Crippen LogP contribution in [0.4, 0.5) is 0 Å². The van der Waals surface area contributed by atoms with Crippen molar-refractivity contribution in [3.63, 3.8) is 0 Å². The molecule has 0 fully saturated rings. The average molecular weight is 186 g/mol. The van der Waals surface area contributed by atoms with Crippen LogP contribution in [0.1, 0.15) is 10.4 Å². The fraction of sp³-hybridized carbons (Fsp3) is 0. The molecule has 0 aromatic carbocycles. The smallest absolute Gasteiger partial charge is 0.267 e.